The van der Waals surface area contributed by atoms with Crippen molar-refractivity contribution >= 4 is 33.9 Å². The summed E-state index contributed by atoms with van der Waals surface area (Å²) in [6.07, 6.45) is 6.40. The van der Waals surface area contributed by atoms with Gasteiger partial charge in [-0.15, -0.1) is 5.53 Å². The number of nitrogens with one attached hydrogen (secondary N) is 4. The topological polar surface area (TPSA) is 88.0 Å². The van der Waals surface area contributed by atoms with Gasteiger partial charge >= 0.3 is 0 Å². The van der Waals surface area contributed by atoms with Crippen molar-refractivity contribution in [2.24, 2.45) is 0 Å². The molecule has 10 heteroatoms. The minimum absolute atomic E-state index is 0.252. The van der Waals surface area contributed by atoms with Gasteiger partial charge in [0.05, 0.1) is 39.6 Å². The van der Waals surface area contributed by atoms with Crippen LogP contribution < -0.4 is 21.6 Å². The number of rotatable bonds is 9. The van der Waals surface area contributed by atoms with Gasteiger partial charge in [-0.2, -0.15) is 5.26 Å². The van der Waals surface area contributed by atoms with E-state index in [2.05, 4.69) is 32.6 Å². The second kappa shape index (κ2) is 11.2. The number of fused-ring (bicyclic) bond motifs is 1. The smallest absolute Gasteiger partial charge is 0.123 e. The van der Waals surface area contributed by atoms with Crippen LogP contribution in [-0.4, -0.2) is 16.0 Å². The number of halogens is 3. The van der Waals surface area contributed by atoms with Crippen molar-refractivity contribution in [2.45, 2.75) is 44.3 Å². The van der Waals surface area contributed by atoms with E-state index in [1.165, 1.54) is 30.5 Å². The van der Waals surface area contributed by atoms with Crippen LogP contribution in [0.25, 0.3) is 10.9 Å². The summed E-state index contributed by atoms with van der Waals surface area (Å²) in [5.41, 5.74) is 11.1. The van der Waals surface area contributed by atoms with Gasteiger partial charge in [0.2, 0.25) is 0 Å². The molecule has 2 atom stereocenters. The van der Waals surface area contributed by atoms with Crippen LogP contribution in [0.3, 0.4) is 0 Å². The minimum Gasteiger partial charge on any atom is -0.377 e. The SMILES string of the molecule is CC[C@@H](Nc1c(C#N)cnc2c(Cl)cc(NC(C3=CN(C4CC4)NN3)c3ccc(F)cc3)cc12)c1cccc(F)c1. The number of hydrogen-bond acceptors (Lipinski definition) is 7. The molecule has 4 aromatic rings. The highest BCUT2D eigenvalue weighted by Gasteiger charge is 2.32. The van der Waals surface area contributed by atoms with E-state index in [9.17, 15) is 14.0 Å². The van der Waals surface area contributed by atoms with Gasteiger partial charge in [-0.25, -0.2) is 8.78 Å². The second-order valence-electron chi connectivity index (χ2n) is 10.3. The van der Waals surface area contributed by atoms with Gasteiger partial charge in [-0.3, -0.25) is 9.99 Å². The molecule has 1 saturated carbocycles. The average molecular weight is 572 g/mol. The summed E-state index contributed by atoms with van der Waals surface area (Å²) >= 11 is 6.76. The molecule has 0 amide bonds. The zero-order chi connectivity index (χ0) is 28.5. The zero-order valence-electron chi connectivity index (χ0n) is 22.3. The number of hydrogen-bond donors (Lipinski definition) is 4. The first-order valence-corrected chi connectivity index (χ1v) is 13.9. The Kier molecular flexibility index (Phi) is 7.35. The Bertz CT molecular complexity index is 1660. The quantitative estimate of drug-likeness (QED) is 0.171. The normalized spacial score (nSPS) is 16.1. The molecule has 208 valence electrons. The third kappa shape index (κ3) is 5.62. The van der Waals surface area contributed by atoms with Crippen molar-refractivity contribution in [3.8, 4) is 6.07 Å². The maximum atomic E-state index is 14.0. The molecular formula is C31H28ClF2N7. The Morgan fingerprint density at radius 1 is 1.07 bits per heavy atom. The molecule has 2 heterocycles. The molecule has 1 aliphatic heterocycles. The molecule has 6 rings (SSSR count). The third-order valence-electron chi connectivity index (χ3n) is 7.40. The Morgan fingerprint density at radius 3 is 2.59 bits per heavy atom. The van der Waals surface area contributed by atoms with Crippen LogP contribution in [0.15, 0.2) is 78.8 Å². The Labute approximate surface area is 241 Å². The predicted octanol–water partition coefficient (Wildman–Crippen LogP) is 7.08. The number of nitrogens with zero attached hydrogens (tertiary/aromatic N) is 3. The van der Waals surface area contributed by atoms with Gasteiger partial charge < -0.3 is 16.1 Å². The number of nitriles is 1. The minimum atomic E-state index is -0.362. The van der Waals surface area contributed by atoms with Gasteiger partial charge in [0.25, 0.3) is 0 Å². The maximum absolute atomic E-state index is 14.0. The van der Waals surface area contributed by atoms with Gasteiger partial charge in [-0.05, 0) is 66.8 Å². The number of aromatic nitrogens is 1. The highest BCUT2D eigenvalue weighted by molar-refractivity contribution is 6.35. The van der Waals surface area contributed by atoms with E-state index >= 15 is 0 Å². The van der Waals surface area contributed by atoms with Crippen molar-refractivity contribution in [1.29, 1.82) is 5.26 Å². The lowest BCUT2D eigenvalue weighted by atomic mass is 10.0. The molecule has 1 aliphatic carbocycles. The highest BCUT2D eigenvalue weighted by Crippen LogP contribution is 2.38. The fourth-order valence-corrected chi connectivity index (χ4v) is 5.37. The van der Waals surface area contributed by atoms with E-state index in [0.29, 0.717) is 45.3 Å². The summed E-state index contributed by atoms with van der Waals surface area (Å²) in [6, 6.07) is 18.5. The monoisotopic (exact) mass is 571 g/mol. The van der Waals surface area contributed by atoms with Gasteiger partial charge in [0.15, 0.2) is 0 Å². The fourth-order valence-electron chi connectivity index (χ4n) is 5.10. The number of anilines is 2. The van der Waals surface area contributed by atoms with Crippen LogP contribution in [-0.2, 0) is 0 Å². The van der Waals surface area contributed by atoms with E-state index in [1.54, 1.807) is 24.3 Å². The van der Waals surface area contributed by atoms with Crippen molar-refractivity contribution in [1.82, 2.24) is 21.0 Å². The summed E-state index contributed by atoms with van der Waals surface area (Å²) in [5, 5.41) is 20.1. The second-order valence-corrected chi connectivity index (χ2v) is 10.7. The van der Waals surface area contributed by atoms with E-state index in [4.69, 9.17) is 11.6 Å². The summed E-state index contributed by atoms with van der Waals surface area (Å²) in [7, 11) is 0. The van der Waals surface area contributed by atoms with Gasteiger partial charge in [0.1, 0.15) is 17.7 Å². The standard InChI is InChI=1S/C31H28ClF2N7/c1-2-27(19-4-3-5-22(34)12-19)38-29-20(15-35)16-36-31-25(29)13-23(14-26(31)32)37-30(18-6-8-21(33)9-7-18)28-17-41(40-39-28)24-10-11-24/h3-9,12-14,16-17,24,27,30,37,39-40H,2,10-11H2,1H3,(H,36,38)/t27-,30?/m1/s1. The number of benzene rings is 3. The number of hydrazine groups is 2. The maximum Gasteiger partial charge on any atom is 0.123 e. The molecule has 4 N–H and O–H groups in total. The molecule has 7 nitrogen and oxygen atoms in total. The van der Waals surface area contributed by atoms with Crippen molar-refractivity contribution < 1.29 is 8.78 Å². The first-order valence-electron chi connectivity index (χ1n) is 13.5. The summed E-state index contributed by atoms with van der Waals surface area (Å²) in [5.74, 6) is -0.643. The lowest BCUT2D eigenvalue weighted by Crippen LogP contribution is -2.38. The van der Waals surface area contributed by atoms with Gasteiger partial charge in [-0.1, -0.05) is 42.8 Å². The summed E-state index contributed by atoms with van der Waals surface area (Å²) < 4.78 is 27.8. The highest BCUT2D eigenvalue weighted by atomic mass is 35.5. The van der Waals surface area contributed by atoms with E-state index in [1.807, 2.05) is 30.3 Å². The zero-order valence-corrected chi connectivity index (χ0v) is 23.0. The Hall–Kier alpha value is -4.39. The molecule has 1 fully saturated rings. The molecule has 2 aliphatic rings. The molecule has 0 saturated heterocycles. The third-order valence-corrected chi connectivity index (χ3v) is 7.68. The van der Waals surface area contributed by atoms with E-state index < -0.39 is 0 Å². The van der Waals surface area contributed by atoms with Crippen LogP contribution in [0.1, 0.15) is 55.0 Å². The molecule has 3 aromatic carbocycles. The van der Waals surface area contributed by atoms with Crippen LogP contribution >= 0.6 is 11.6 Å². The van der Waals surface area contributed by atoms with Crippen molar-refractivity contribution in [3.05, 3.63) is 112 Å². The van der Waals surface area contributed by atoms with E-state index in [-0.39, 0.29) is 23.7 Å². The average Bonchev–Trinajstić information content (AvgIpc) is 3.71. The van der Waals surface area contributed by atoms with Crippen LogP contribution in [0.4, 0.5) is 20.2 Å². The first-order chi connectivity index (χ1) is 19.9. The lowest BCUT2D eigenvalue weighted by molar-refractivity contribution is 0.260. The molecule has 0 spiro atoms. The number of pyridine rings is 1. The first kappa shape index (κ1) is 26.8. The Balaban J connectivity index is 1.41. The molecule has 41 heavy (non-hydrogen) atoms. The molecule has 1 unspecified atom stereocenters. The molecular weight excluding hydrogens is 544 g/mol. The fraction of sp³-hybridized carbons (Fsp3) is 0.226. The van der Waals surface area contributed by atoms with Crippen molar-refractivity contribution in [3.63, 3.8) is 0 Å². The van der Waals surface area contributed by atoms with Crippen LogP contribution in [0, 0.1) is 23.0 Å². The predicted molar refractivity (Wildman–Crippen MR) is 157 cm³/mol. The van der Waals surface area contributed by atoms with Crippen LogP contribution in [0.5, 0.6) is 0 Å². The van der Waals surface area contributed by atoms with E-state index in [0.717, 1.165) is 29.7 Å². The molecule has 1 aromatic heterocycles. The largest absolute Gasteiger partial charge is 0.377 e. The molecule has 0 radical (unpaired) electrons. The lowest BCUT2D eigenvalue weighted by Gasteiger charge is -2.23. The summed E-state index contributed by atoms with van der Waals surface area (Å²) in [4.78, 5) is 4.47. The van der Waals surface area contributed by atoms with Crippen molar-refractivity contribution in [2.75, 3.05) is 10.6 Å². The molecule has 0 bridgehead atoms. The summed E-state index contributed by atoms with van der Waals surface area (Å²) in [6.45, 7) is 1.99. The van der Waals surface area contributed by atoms with Gasteiger partial charge in [0, 0.05) is 29.5 Å². The Morgan fingerprint density at radius 2 is 1.88 bits per heavy atom. The van der Waals surface area contributed by atoms with Crippen LogP contribution in [0.2, 0.25) is 5.02 Å².